The number of unbranched alkanes of at least 4 members (excludes halogenated alkanes) is 7. The fourth-order valence-electron chi connectivity index (χ4n) is 2.67. The Morgan fingerprint density at radius 2 is 1.74 bits per heavy atom. The van der Waals surface area contributed by atoms with Gasteiger partial charge in [0, 0.05) is 6.54 Å². The van der Waals surface area contributed by atoms with Crippen LogP contribution in [0, 0.1) is 0 Å². The summed E-state index contributed by atoms with van der Waals surface area (Å²) >= 11 is 0. The molecule has 3 heteroatoms. The van der Waals surface area contributed by atoms with Gasteiger partial charge < -0.3 is 10.6 Å². The Morgan fingerprint density at radius 1 is 1.05 bits per heavy atom. The number of nitrogens with one attached hydrogen (secondary N) is 2. The lowest BCUT2D eigenvalue weighted by Crippen LogP contribution is -2.43. The summed E-state index contributed by atoms with van der Waals surface area (Å²) in [6.07, 6.45) is 14.0. The van der Waals surface area contributed by atoms with Crippen molar-refractivity contribution in [3.8, 4) is 0 Å². The zero-order valence-electron chi connectivity index (χ0n) is 12.7. The van der Waals surface area contributed by atoms with E-state index in [9.17, 15) is 4.79 Å². The van der Waals surface area contributed by atoms with Crippen LogP contribution in [0.3, 0.4) is 0 Å². The second-order valence-corrected chi connectivity index (χ2v) is 5.77. The average molecular weight is 268 g/mol. The predicted octanol–water partition coefficient (Wildman–Crippen LogP) is 3.39. The van der Waals surface area contributed by atoms with E-state index in [-0.39, 0.29) is 11.9 Å². The van der Waals surface area contributed by atoms with Crippen molar-refractivity contribution in [2.45, 2.75) is 83.6 Å². The molecular formula is C16H32N2O. The first-order valence-electron chi connectivity index (χ1n) is 8.35. The van der Waals surface area contributed by atoms with E-state index in [1.807, 2.05) is 0 Å². The molecule has 0 aromatic rings. The smallest absolute Gasteiger partial charge is 0.237 e. The van der Waals surface area contributed by atoms with Gasteiger partial charge >= 0.3 is 0 Å². The summed E-state index contributed by atoms with van der Waals surface area (Å²) in [6.45, 7) is 4.11. The summed E-state index contributed by atoms with van der Waals surface area (Å²) in [4.78, 5) is 11.7. The van der Waals surface area contributed by atoms with Gasteiger partial charge in [-0.1, -0.05) is 51.9 Å². The quantitative estimate of drug-likeness (QED) is 0.596. The number of amides is 1. The molecule has 2 N–H and O–H groups in total. The minimum Gasteiger partial charge on any atom is -0.355 e. The standard InChI is InChI=1S/C16H32N2O/c1-2-3-4-5-6-7-8-10-13-17-15-12-9-11-14-18-16(15)19/h15,17H,2-14H2,1H3,(H,18,19). The van der Waals surface area contributed by atoms with Crippen molar-refractivity contribution in [1.29, 1.82) is 0 Å². The zero-order valence-corrected chi connectivity index (χ0v) is 12.7. The van der Waals surface area contributed by atoms with E-state index >= 15 is 0 Å². The Labute approximate surface area is 118 Å². The first-order chi connectivity index (χ1) is 9.34. The summed E-state index contributed by atoms with van der Waals surface area (Å²) in [6, 6.07) is 0.0621. The van der Waals surface area contributed by atoms with Crippen molar-refractivity contribution < 1.29 is 4.79 Å². The van der Waals surface area contributed by atoms with Gasteiger partial charge in [0.05, 0.1) is 6.04 Å². The van der Waals surface area contributed by atoms with Crippen LogP contribution in [0.4, 0.5) is 0 Å². The van der Waals surface area contributed by atoms with Gasteiger partial charge in [0.2, 0.25) is 5.91 Å². The minimum absolute atomic E-state index is 0.0621. The van der Waals surface area contributed by atoms with Crippen molar-refractivity contribution >= 4 is 5.91 Å². The highest BCUT2D eigenvalue weighted by Crippen LogP contribution is 2.09. The molecular weight excluding hydrogens is 236 g/mol. The molecule has 0 saturated carbocycles. The van der Waals surface area contributed by atoms with Gasteiger partial charge in [-0.2, -0.15) is 0 Å². The molecule has 1 aliphatic rings. The molecule has 1 unspecified atom stereocenters. The molecule has 1 rings (SSSR count). The topological polar surface area (TPSA) is 41.1 Å². The SMILES string of the molecule is CCCCCCCCCCNC1CCCCNC1=O. The molecule has 0 bridgehead atoms. The van der Waals surface area contributed by atoms with Crippen molar-refractivity contribution in [2.75, 3.05) is 13.1 Å². The van der Waals surface area contributed by atoms with Gasteiger partial charge in [0.1, 0.15) is 0 Å². The predicted molar refractivity (Wildman–Crippen MR) is 81.3 cm³/mol. The van der Waals surface area contributed by atoms with Crippen molar-refractivity contribution in [2.24, 2.45) is 0 Å². The number of hydrogen-bond acceptors (Lipinski definition) is 2. The van der Waals surface area contributed by atoms with Crippen LogP contribution in [0.2, 0.25) is 0 Å². The maximum atomic E-state index is 11.7. The molecule has 1 aliphatic heterocycles. The lowest BCUT2D eigenvalue weighted by Gasteiger charge is -2.14. The van der Waals surface area contributed by atoms with Crippen LogP contribution in [0.5, 0.6) is 0 Å². The molecule has 0 aliphatic carbocycles. The van der Waals surface area contributed by atoms with Crippen LogP contribution < -0.4 is 10.6 Å². The second kappa shape index (κ2) is 11.3. The van der Waals surface area contributed by atoms with Gasteiger partial charge in [-0.15, -0.1) is 0 Å². The van der Waals surface area contributed by atoms with Gasteiger partial charge in [0.25, 0.3) is 0 Å². The van der Waals surface area contributed by atoms with E-state index in [2.05, 4.69) is 17.6 Å². The molecule has 1 saturated heterocycles. The van der Waals surface area contributed by atoms with E-state index in [4.69, 9.17) is 0 Å². The largest absolute Gasteiger partial charge is 0.355 e. The fraction of sp³-hybridized carbons (Fsp3) is 0.938. The van der Waals surface area contributed by atoms with Crippen molar-refractivity contribution in [3.05, 3.63) is 0 Å². The van der Waals surface area contributed by atoms with Crippen LogP contribution in [-0.2, 0) is 4.79 Å². The maximum Gasteiger partial charge on any atom is 0.237 e. The summed E-state index contributed by atoms with van der Waals surface area (Å²) < 4.78 is 0. The molecule has 112 valence electrons. The number of rotatable bonds is 10. The number of hydrogen-bond donors (Lipinski definition) is 2. The van der Waals surface area contributed by atoms with Crippen LogP contribution in [0.15, 0.2) is 0 Å². The van der Waals surface area contributed by atoms with Gasteiger partial charge in [-0.3, -0.25) is 4.79 Å². The Bertz CT molecular complexity index is 231. The molecule has 1 fully saturated rings. The molecule has 1 amide bonds. The average Bonchev–Trinajstić information content (AvgIpc) is 2.62. The summed E-state index contributed by atoms with van der Waals surface area (Å²) in [5, 5.41) is 6.38. The van der Waals surface area contributed by atoms with Gasteiger partial charge in [-0.25, -0.2) is 0 Å². The van der Waals surface area contributed by atoms with Gasteiger partial charge in [-0.05, 0) is 32.2 Å². The summed E-state index contributed by atoms with van der Waals surface area (Å²) in [5.74, 6) is 0.206. The Hall–Kier alpha value is -0.570. The Kier molecular flexibility index (Phi) is 9.78. The molecule has 0 aromatic carbocycles. The monoisotopic (exact) mass is 268 g/mol. The Morgan fingerprint density at radius 3 is 2.47 bits per heavy atom. The van der Waals surface area contributed by atoms with Crippen LogP contribution in [-0.4, -0.2) is 25.0 Å². The molecule has 19 heavy (non-hydrogen) atoms. The van der Waals surface area contributed by atoms with E-state index in [1.54, 1.807) is 0 Å². The van der Waals surface area contributed by atoms with Crippen LogP contribution in [0.25, 0.3) is 0 Å². The normalized spacial score (nSPS) is 20.1. The van der Waals surface area contributed by atoms with Crippen LogP contribution in [0.1, 0.15) is 77.6 Å². The Balaban J connectivity index is 1.91. The minimum atomic E-state index is 0.0621. The highest BCUT2D eigenvalue weighted by atomic mass is 16.2. The van der Waals surface area contributed by atoms with E-state index in [1.165, 1.54) is 51.4 Å². The van der Waals surface area contributed by atoms with E-state index in [0.717, 1.165) is 32.4 Å². The molecule has 3 nitrogen and oxygen atoms in total. The van der Waals surface area contributed by atoms with Crippen molar-refractivity contribution in [3.63, 3.8) is 0 Å². The van der Waals surface area contributed by atoms with E-state index < -0.39 is 0 Å². The first-order valence-corrected chi connectivity index (χ1v) is 8.35. The third-order valence-electron chi connectivity index (χ3n) is 3.96. The first kappa shape index (κ1) is 16.5. The zero-order chi connectivity index (χ0) is 13.8. The molecule has 1 atom stereocenters. The number of carbonyl (C=O) groups excluding carboxylic acids is 1. The van der Waals surface area contributed by atoms with Crippen molar-refractivity contribution in [1.82, 2.24) is 10.6 Å². The molecule has 1 heterocycles. The lowest BCUT2D eigenvalue weighted by atomic mass is 10.1. The summed E-state index contributed by atoms with van der Waals surface area (Å²) in [7, 11) is 0. The lowest BCUT2D eigenvalue weighted by molar-refractivity contribution is -0.122. The number of carbonyl (C=O) groups is 1. The highest BCUT2D eigenvalue weighted by molar-refractivity contribution is 5.81. The van der Waals surface area contributed by atoms with Crippen LogP contribution >= 0.6 is 0 Å². The third kappa shape index (κ3) is 8.25. The molecule has 0 aromatic heterocycles. The fourth-order valence-corrected chi connectivity index (χ4v) is 2.67. The second-order valence-electron chi connectivity index (χ2n) is 5.77. The molecule has 0 radical (unpaired) electrons. The highest BCUT2D eigenvalue weighted by Gasteiger charge is 2.18. The summed E-state index contributed by atoms with van der Waals surface area (Å²) in [5.41, 5.74) is 0. The maximum absolute atomic E-state index is 11.7. The third-order valence-corrected chi connectivity index (χ3v) is 3.96. The van der Waals surface area contributed by atoms with Gasteiger partial charge in [0.15, 0.2) is 0 Å². The van der Waals surface area contributed by atoms with E-state index in [0.29, 0.717) is 0 Å². The molecule has 0 spiro atoms.